The Morgan fingerprint density at radius 1 is 1.38 bits per heavy atom. The Bertz CT molecular complexity index is 529. The second-order valence-corrected chi connectivity index (χ2v) is 3.46. The number of allylic oxidation sites excluding steroid dienone is 1. The highest BCUT2D eigenvalue weighted by Crippen LogP contribution is 2.18. The van der Waals surface area contributed by atoms with Crippen LogP contribution in [0.25, 0.3) is 11.8 Å². The lowest BCUT2D eigenvalue weighted by Gasteiger charge is -2.06. The molecule has 0 atom stereocenters. The van der Waals surface area contributed by atoms with E-state index in [1.54, 1.807) is 12.4 Å². The van der Waals surface area contributed by atoms with Gasteiger partial charge in [-0.05, 0) is 19.9 Å². The van der Waals surface area contributed by atoms with Crippen molar-refractivity contribution >= 4 is 6.08 Å². The summed E-state index contributed by atoms with van der Waals surface area (Å²) in [6.45, 7) is 3.74. The average molecular weight is 217 g/mol. The Labute approximate surface area is 93.3 Å². The van der Waals surface area contributed by atoms with E-state index in [0.717, 1.165) is 5.69 Å². The molecule has 0 saturated heterocycles. The van der Waals surface area contributed by atoms with E-state index in [0.29, 0.717) is 11.3 Å². The lowest BCUT2D eigenvalue weighted by atomic mass is 10.2. The molecule has 2 aromatic rings. The van der Waals surface area contributed by atoms with Crippen molar-refractivity contribution in [2.24, 2.45) is 0 Å². The van der Waals surface area contributed by atoms with Gasteiger partial charge < -0.3 is 0 Å². The first kappa shape index (κ1) is 10.5. The van der Waals surface area contributed by atoms with Gasteiger partial charge >= 0.3 is 0 Å². The van der Waals surface area contributed by atoms with Crippen LogP contribution in [0.1, 0.15) is 18.2 Å². The maximum Gasteiger partial charge on any atom is 0.167 e. The lowest BCUT2D eigenvalue weighted by Crippen LogP contribution is -2.02. The summed E-state index contributed by atoms with van der Waals surface area (Å²) in [5.41, 5.74) is 1.99. The van der Waals surface area contributed by atoms with Crippen molar-refractivity contribution in [2.75, 3.05) is 0 Å². The Morgan fingerprint density at radius 3 is 2.81 bits per heavy atom. The minimum Gasteiger partial charge on any atom is -0.261 e. The minimum absolute atomic E-state index is 0.376. The fourth-order valence-corrected chi connectivity index (χ4v) is 1.53. The molecule has 0 unspecified atom stereocenters. The van der Waals surface area contributed by atoms with E-state index in [-0.39, 0.29) is 5.82 Å². The van der Waals surface area contributed by atoms with E-state index in [1.807, 2.05) is 32.1 Å². The van der Waals surface area contributed by atoms with Crippen molar-refractivity contribution in [3.8, 4) is 5.69 Å². The fraction of sp³-hybridized carbons (Fsp3) is 0.167. The lowest BCUT2D eigenvalue weighted by molar-refractivity contribution is 0.603. The number of aromatic nitrogens is 3. The van der Waals surface area contributed by atoms with Crippen molar-refractivity contribution in [1.29, 1.82) is 0 Å². The smallest absolute Gasteiger partial charge is 0.167 e. The third-order valence-electron chi connectivity index (χ3n) is 2.20. The highest BCUT2D eigenvalue weighted by Gasteiger charge is 2.10. The third kappa shape index (κ3) is 1.86. The number of halogens is 1. The summed E-state index contributed by atoms with van der Waals surface area (Å²) in [6, 6.07) is 1.83. The molecule has 0 radical (unpaired) electrons. The summed E-state index contributed by atoms with van der Waals surface area (Å²) < 4.78 is 15.2. The topological polar surface area (TPSA) is 30.7 Å². The number of pyridine rings is 1. The number of hydrogen-bond donors (Lipinski definition) is 0. The summed E-state index contributed by atoms with van der Waals surface area (Å²) in [5, 5.41) is 4.20. The minimum atomic E-state index is -0.376. The fourth-order valence-electron chi connectivity index (χ4n) is 1.53. The van der Waals surface area contributed by atoms with Crippen LogP contribution in [0.15, 0.2) is 30.7 Å². The highest BCUT2D eigenvalue weighted by atomic mass is 19.1. The number of rotatable bonds is 2. The molecule has 4 heteroatoms. The first-order chi connectivity index (χ1) is 7.72. The van der Waals surface area contributed by atoms with Crippen LogP contribution in [-0.4, -0.2) is 14.8 Å². The molecule has 3 nitrogen and oxygen atoms in total. The van der Waals surface area contributed by atoms with Crippen molar-refractivity contribution in [3.05, 3.63) is 47.8 Å². The van der Waals surface area contributed by atoms with Crippen molar-refractivity contribution in [2.45, 2.75) is 13.8 Å². The molecule has 0 amide bonds. The highest BCUT2D eigenvalue weighted by molar-refractivity contribution is 5.59. The average Bonchev–Trinajstić information content (AvgIpc) is 2.65. The maximum absolute atomic E-state index is 13.7. The largest absolute Gasteiger partial charge is 0.261 e. The predicted molar refractivity (Wildman–Crippen MR) is 60.8 cm³/mol. The molecule has 2 rings (SSSR count). The molecule has 2 heterocycles. The molecule has 2 aromatic heterocycles. The zero-order valence-electron chi connectivity index (χ0n) is 9.18. The van der Waals surface area contributed by atoms with Gasteiger partial charge in [0.25, 0.3) is 0 Å². The van der Waals surface area contributed by atoms with Gasteiger partial charge in [0, 0.05) is 18.0 Å². The molecular weight excluding hydrogens is 205 g/mol. The summed E-state index contributed by atoms with van der Waals surface area (Å²) in [5.74, 6) is -0.376. The van der Waals surface area contributed by atoms with Crippen LogP contribution in [0, 0.1) is 12.7 Å². The molecule has 0 saturated carbocycles. The molecule has 16 heavy (non-hydrogen) atoms. The summed E-state index contributed by atoms with van der Waals surface area (Å²) >= 11 is 0. The van der Waals surface area contributed by atoms with E-state index in [4.69, 9.17) is 0 Å². The Balaban J connectivity index is 2.62. The van der Waals surface area contributed by atoms with Crippen LogP contribution in [0.2, 0.25) is 0 Å². The van der Waals surface area contributed by atoms with Crippen LogP contribution >= 0.6 is 0 Å². The van der Waals surface area contributed by atoms with Gasteiger partial charge in [-0.1, -0.05) is 12.2 Å². The van der Waals surface area contributed by atoms with Gasteiger partial charge in [0.1, 0.15) is 5.69 Å². The van der Waals surface area contributed by atoms with Gasteiger partial charge in [-0.25, -0.2) is 9.07 Å². The molecule has 0 fully saturated rings. The second-order valence-electron chi connectivity index (χ2n) is 3.46. The van der Waals surface area contributed by atoms with Gasteiger partial charge in [0.15, 0.2) is 5.82 Å². The Hall–Kier alpha value is -1.97. The SMILES string of the molecule is C/C=C/c1cncc(F)c1-n1ccc(C)n1. The molecule has 0 aromatic carbocycles. The van der Waals surface area contributed by atoms with Crippen molar-refractivity contribution in [1.82, 2.24) is 14.8 Å². The zero-order valence-corrected chi connectivity index (χ0v) is 9.18. The van der Waals surface area contributed by atoms with Gasteiger partial charge in [-0.2, -0.15) is 5.10 Å². The third-order valence-corrected chi connectivity index (χ3v) is 2.20. The van der Waals surface area contributed by atoms with Crippen molar-refractivity contribution in [3.63, 3.8) is 0 Å². The molecule has 0 aliphatic carbocycles. The summed E-state index contributed by atoms with van der Waals surface area (Å²) in [6.07, 6.45) is 8.20. The molecule has 0 spiro atoms. The predicted octanol–water partition coefficient (Wildman–Crippen LogP) is 2.75. The van der Waals surface area contributed by atoms with E-state index in [2.05, 4.69) is 10.1 Å². The molecular formula is C12H12FN3. The van der Waals surface area contributed by atoms with Crippen LogP contribution in [-0.2, 0) is 0 Å². The van der Waals surface area contributed by atoms with Crippen LogP contribution in [0.4, 0.5) is 4.39 Å². The molecule has 0 N–H and O–H groups in total. The normalized spacial score (nSPS) is 11.2. The molecule has 0 bridgehead atoms. The first-order valence-electron chi connectivity index (χ1n) is 5.01. The summed E-state index contributed by atoms with van der Waals surface area (Å²) in [4.78, 5) is 3.83. The van der Waals surface area contributed by atoms with E-state index >= 15 is 0 Å². The van der Waals surface area contributed by atoms with Crippen LogP contribution < -0.4 is 0 Å². The number of aryl methyl sites for hydroxylation is 1. The molecule has 0 aliphatic heterocycles. The van der Waals surface area contributed by atoms with Gasteiger partial charge in [-0.15, -0.1) is 0 Å². The van der Waals surface area contributed by atoms with Gasteiger partial charge in [0.2, 0.25) is 0 Å². The zero-order chi connectivity index (χ0) is 11.5. The van der Waals surface area contributed by atoms with E-state index in [1.165, 1.54) is 10.9 Å². The summed E-state index contributed by atoms with van der Waals surface area (Å²) in [7, 11) is 0. The van der Waals surface area contributed by atoms with E-state index in [9.17, 15) is 4.39 Å². The Morgan fingerprint density at radius 2 is 2.19 bits per heavy atom. The van der Waals surface area contributed by atoms with Gasteiger partial charge in [-0.3, -0.25) is 4.98 Å². The van der Waals surface area contributed by atoms with Crippen LogP contribution in [0.5, 0.6) is 0 Å². The van der Waals surface area contributed by atoms with Crippen molar-refractivity contribution < 1.29 is 4.39 Å². The first-order valence-corrected chi connectivity index (χ1v) is 5.01. The second kappa shape index (κ2) is 4.26. The van der Waals surface area contributed by atoms with Crippen LogP contribution in [0.3, 0.4) is 0 Å². The molecule has 0 aliphatic rings. The molecule has 82 valence electrons. The quantitative estimate of drug-likeness (QED) is 0.774. The van der Waals surface area contributed by atoms with E-state index < -0.39 is 0 Å². The number of hydrogen-bond acceptors (Lipinski definition) is 2. The maximum atomic E-state index is 13.7. The van der Waals surface area contributed by atoms with Gasteiger partial charge in [0.05, 0.1) is 11.9 Å². The standard InChI is InChI=1S/C12H12FN3/c1-3-4-10-7-14-8-11(13)12(10)16-6-5-9(2)15-16/h3-8H,1-2H3/b4-3+. The monoisotopic (exact) mass is 217 g/mol. The Kier molecular flexibility index (Phi) is 2.81. The number of nitrogens with zero attached hydrogens (tertiary/aromatic N) is 3.